The highest BCUT2D eigenvalue weighted by Gasteiger charge is 2.43. The molecule has 144 valence electrons. The lowest BCUT2D eigenvalue weighted by molar-refractivity contribution is 0.0713. The van der Waals surface area contributed by atoms with Crippen molar-refractivity contribution in [2.45, 2.75) is 32.7 Å². The maximum Gasteiger partial charge on any atom is 0.170 e. The van der Waals surface area contributed by atoms with Crippen molar-refractivity contribution in [3.63, 3.8) is 0 Å². The molecule has 4 nitrogen and oxygen atoms in total. The summed E-state index contributed by atoms with van der Waals surface area (Å²) in [5.74, 6) is 0.0805. The highest BCUT2D eigenvalue weighted by molar-refractivity contribution is 6.01. The van der Waals surface area contributed by atoms with E-state index in [1.54, 1.807) is 0 Å². The summed E-state index contributed by atoms with van der Waals surface area (Å²) >= 11 is 0. The van der Waals surface area contributed by atoms with Crippen LogP contribution < -0.4 is 10.6 Å². The number of ketones is 1. The van der Waals surface area contributed by atoms with E-state index in [2.05, 4.69) is 17.0 Å². The lowest BCUT2D eigenvalue weighted by Gasteiger charge is -2.40. The van der Waals surface area contributed by atoms with Crippen LogP contribution in [0.25, 0.3) is 0 Å². The summed E-state index contributed by atoms with van der Waals surface area (Å²) in [6.07, 6.45) is 0.651. The molecule has 4 heteroatoms. The first-order valence-electron chi connectivity index (χ1n) is 9.62. The average molecular weight is 367 g/mol. The average Bonchev–Trinajstić information content (AvgIpc) is 2.68. The maximum absolute atomic E-state index is 13.3. The van der Waals surface area contributed by atoms with Crippen LogP contribution in [0, 0.1) is 5.41 Å². The Morgan fingerprint density at radius 1 is 1.00 bits per heavy atom. The number of benzene rings is 2. The summed E-state index contributed by atoms with van der Waals surface area (Å²) < 4.78 is 5.40. The number of carbonyl (C=O) groups is 1. The summed E-state index contributed by atoms with van der Waals surface area (Å²) in [5, 5.41) is 0. The molecule has 27 heavy (non-hydrogen) atoms. The third-order valence-electron chi connectivity index (χ3n) is 5.92. The minimum Gasteiger partial charge on any atom is -0.378 e. The largest absolute Gasteiger partial charge is 0.378 e. The topological polar surface area (TPSA) is 55.6 Å². The Balaban J connectivity index is 1.76. The van der Waals surface area contributed by atoms with Gasteiger partial charge >= 0.3 is 0 Å². The third kappa shape index (κ3) is 4.23. The van der Waals surface area contributed by atoms with Crippen LogP contribution in [0.3, 0.4) is 0 Å². The van der Waals surface area contributed by atoms with Crippen LogP contribution in [0.2, 0.25) is 0 Å². The van der Waals surface area contributed by atoms with Gasteiger partial charge in [-0.1, -0.05) is 44.2 Å². The summed E-state index contributed by atoms with van der Waals surface area (Å²) in [7, 11) is 0. The number of hydrogen-bond donors (Lipinski definition) is 1. The Bertz CT molecular complexity index is 761. The number of ether oxygens (including phenoxy) is 1. The standard InChI is InChI=1S/C23H30N2O2/c1-22(2,23(3,24)17-18-7-5-4-6-8-18)21(26)19-9-11-20(12-10-19)25-13-15-27-16-14-25/h4-12H,13-17,24H2,1-3H3. The first-order valence-corrected chi connectivity index (χ1v) is 9.62. The van der Waals surface area contributed by atoms with Gasteiger partial charge in [0.2, 0.25) is 0 Å². The van der Waals surface area contributed by atoms with Gasteiger partial charge in [-0.3, -0.25) is 4.79 Å². The van der Waals surface area contributed by atoms with E-state index in [9.17, 15) is 4.79 Å². The van der Waals surface area contributed by atoms with E-state index in [4.69, 9.17) is 10.5 Å². The Morgan fingerprint density at radius 2 is 1.59 bits per heavy atom. The van der Waals surface area contributed by atoms with E-state index in [1.807, 2.05) is 63.2 Å². The number of nitrogens with two attached hydrogens (primary N) is 1. The van der Waals surface area contributed by atoms with Crippen LogP contribution >= 0.6 is 0 Å². The van der Waals surface area contributed by atoms with Crippen molar-refractivity contribution in [1.29, 1.82) is 0 Å². The maximum atomic E-state index is 13.3. The van der Waals surface area contributed by atoms with Crippen molar-refractivity contribution in [3.8, 4) is 0 Å². The van der Waals surface area contributed by atoms with Crippen LogP contribution in [0.5, 0.6) is 0 Å². The summed E-state index contributed by atoms with van der Waals surface area (Å²) in [4.78, 5) is 15.6. The number of rotatable bonds is 6. The third-order valence-corrected chi connectivity index (χ3v) is 5.92. The second-order valence-corrected chi connectivity index (χ2v) is 8.18. The molecule has 0 radical (unpaired) electrons. The second-order valence-electron chi connectivity index (χ2n) is 8.18. The zero-order valence-electron chi connectivity index (χ0n) is 16.6. The fourth-order valence-electron chi connectivity index (χ4n) is 3.51. The highest BCUT2D eigenvalue weighted by Crippen LogP contribution is 2.35. The fourth-order valence-corrected chi connectivity index (χ4v) is 3.51. The van der Waals surface area contributed by atoms with E-state index < -0.39 is 11.0 Å². The predicted octanol–water partition coefficient (Wildman–Crippen LogP) is 3.69. The Labute approximate surface area is 162 Å². The van der Waals surface area contributed by atoms with E-state index in [1.165, 1.54) is 0 Å². The van der Waals surface area contributed by atoms with Crippen molar-refractivity contribution in [1.82, 2.24) is 0 Å². The minimum absolute atomic E-state index is 0.0805. The van der Waals surface area contributed by atoms with Gasteiger partial charge in [-0.25, -0.2) is 0 Å². The monoisotopic (exact) mass is 366 g/mol. The number of hydrogen-bond acceptors (Lipinski definition) is 4. The molecule has 0 bridgehead atoms. The summed E-state index contributed by atoms with van der Waals surface area (Å²) in [5.41, 5.74) is 8.31. The molecule has 2 N–H and O–H groups in total. The second kappa shape index (κ2) is 7.83. The molecular formula is C23H30N2O2. The number of morpholine rings is 1. The van der Waals surface area contributed by atoms with Gasteiger partial charge in [0, 0.05) is 35.3 Å². The molecule has 1 unspecified atom stereocenters. The van der Waals surface area contributed by atoms with Gasteiger partial charge in [0.1, 0.15) is 0 Å². The zero-order valence-corrected chi connectivity index (χ0v) is 16.6. The van der Waals surface area contributed by atoms with E-state index in [0.717, 1.165) is 37.6 Å². The van der Waals surface area contributed by atoms with Gasteiger partial charge in [-0.2, -0.15) is 0 Å². The van der Waals surface area contributed by atoms with Crippen LogP contribution in [0.4, 0.5) is 5.69 Å². The van der Waals surface area contributed by atoms with Crippen LogP contribution in [0.15, 0.2) is 54.6 Å². The molecule has 2 aromatic rings. The minimum atomic E-state index is -0.691. The number of nitrogens with zero attached hydrogens (tertiary/aromatic N) is 1. The lowest BCUT2D eigenvalue weighted by Crippen LogP contribution is -2.55. The van der Waals surface area contributed by atoms with Gasteiger partial charge in [-0.15, -0.1) is 0 Å². The molecule has 1 fully saturated rings. The first kappa shape index (κ1) is 19.6. The molecule has 0 spiro atoms. The van der Waals surface area contributed by atoms with Crippen molar-refractivity contribution >= 4 is 11.5 Å². The Hall–Kier alpha value is -2.17. The van der Waals surface area contributed by atoms with Crippen molar-refractivity contribution in [3.05, 3.63) is 65.7 Å². The molecule has 1 aliphatic heterocycles. The Kier molecular flexibility index (Phi) is 5.68. The molecule has 1 heterocycles. The molecule has 0 amide bonds. The number of Topliss-reactive ketones (excluding diaryl/α,β-unsaturated/α-hetero) is 1. The van der Waals surface area contributed by atoms with Gasteiger partial charge in [-0.05, 0) is 43.2 Å². The summed E-state index contributed by atoms with van der Waals surface area (Å²) in [6, 6.07) is 18.0. The van der Waals surface area contributed by atoms with Crippen LogP contribution in [0.1, 0.15) is 36.7 Å². The van der Waals surface area contributed by atoms with Gasteiger partial charge in [0.05, 0.1) is 13.2 Å². The summed E-state index contributed by atoms with van der Waals surface area (Å²) in [6.45, 7) is 9.15. The normalized spacial score (nSPS) is 17.4. The van der Waals surface area contributed by atoms with Crippen LogP contribution in [-0.2, 0) is 11.2 Å². The first-order chi connectivity index (χ1) is 12.8. The Morgan fingerprint density at radius 3 is 2.19 bits per heavy atom. The van der Waals surface area contributed by atoms with E-state index in [-0.39, 0.29) is 5.78 Å². The molecule has 1 atom stereocenters. The van der Waals surface area contributed by atoms with Crippen LogP contribution in [-0.4, -0.2) is 37.6 Å². The van der Waals surface area contributed by atoms with Gasteiger partial charge < -0.3 is 15.4 Å². The lowest BCUT2D eigenvalue weighted by atomic mass is 9.67. The molecule has 2 aromatic carbocycles. The predicted molar refractivity (Wildman–Crippen MR) is 110 cm³/mol. The smallest absolute Gasteiger partial charge is 0.170 e. The van der Waals surface area contributed by atoms with Gasteiger partial charge in [0.15, 0.2) is 5.78 Å². The van der Waals surface area contributed by atoms with Crippen molar-refractivity contribution in [2.75, 3.05) is 31.2 Å². The van der Waals surface area contributed by atoms with Gasteiger partial charge in [0.25, 0.3) is 0 Å². The van der Waals surface area contributed by atoms with E-state index in [0.29, 0.717) is 12.0 Å². The number of carbonyl (C=O) groups excluding carboxylic acids is 1. The molecule has 3 rings (SSSR count). The quantitative estimate of drug-likeness (QED) is 0.792. The van der Waals surface area contributed by atoms with Crippen molar-refractivity contribution in [2.24, 2.45) is 11.1 Å². The van der Waals surface area contributed by atoms with Crippen molar-refractivity contribution < 1.29 is 9.53 Å². The highest BCUT2D eigenvalue weighted by atomic mass is 16.5. The number of anilines is 1. The molecule has 1 saturated heterocycles. The SMILES string of the molecule is CC(N)(Cc1ccccc1)C(C)(C)C(=O)c1ccc(N2CCOCC2)cc1. The molecule has 0 aliphatic carbocycles. The fraction of sp³-hybridized carbons (Fsp3) is 0.435. The van der Waals surface area contributed by atoms with E-state index >= 15 is 0 Å². The molecule has 1 aliphatic rings. The molecule has 0 aromatic heterocycles. The zero-order chi connectivity index (χ0) is 19.5. The molecular weight excluding hydrogens is 336 g/mol. The molecule has 0 saturated carbocycles.